The Morgan fingerprint density at radius 3 is 0.976 bits per heavy atom. The highest BCUT2D eigenvalue weighted by Crippen LogP contribution is 2.65. The Labute approximate surface area is 263 Å². The molecule has 8 rings (SSSR count). The third kappa shape index (κ3) is 4.53. The van der Waals surface area contributed by atoms with Gasteiger partial charge in [-0.1, -0.05) is 95.5 Å². The number of fused-ring (bicyclic) bond motifs is 6. The average Bonchev–Trinajstić information content (AvgIpc) is 3.65. The second-order valence-corrected chi connectivity index (χ2v) is 19.0. The van der Waals surface area contributed by atoms with Crippen LogP contribution in [0.25, 0.3) is 32.0 Å². The van der Waals surface area contributed by atoms with Crippen molar-refractivity contribution in [3.05, 3.63) is 121 Å². The molecule has 0 bridgehead atoms. The van der Waals surface area contributed by atoms with E-state index in [1.54, 1.807) is 22.7 Å². The lowest BCUT2D eigenvalue weighted by atomic mass is 10.0. The van der Waals surface area contributed by atoms with Gasteiger partial charge in [-0.3, -0.25) is 0 Å². The summed E-state index contributed by atoms with van der Waals surface area (Å²) in [5.74, 6) is 2.95. The van der Waals surface area contributed by atoms with Gasteiger partial charge < -0.3 is 42.6 Å². The van der Waals surface area contributed by atoms with Crippen molar-refractivity contribution in [1.29, 1.82) is 0 Å². The first kappa shape index (κ1) is 26.7. The minimum Gasteiger partial charge on any atom is -0.466 e. The van der Waals surface area contributed by atoms with E-state index in [0.717, 1.165) is 64.2 Å². The molecule has 6 aromatic rings. The van der Waals surface area contributed by atoms with Gasteiger partial charge in [0, 0.05) is 32.0 Å². The first-order chi connectivity index (χ1) is 20.5. The molecule has 0 fully saturated rings. The van der Waals surface area contributed by atoms with Crippen molar-refractivity contribution in [2.24, 2.45) is 0 Å². The summed E-state index contributed by atoms with van der Waals surface area (Å²) in [6, 6.07) is 40.0. The van der Waals surface area contributed by atoms with Crippen LogP contribution in [0.3, 0.4) is 0 Å². The van der Waals surface area contributed by atoms with E-state index < -0.39 is 13.8 Å². The van der Waals surface area contributed by atoms with Gasteiger partial charge >= 0.3 is 0 Å². The van der Waals surface area contributed by atoms with Crippen LogP contribution in [0.4, 0.5) is 0 Å². The molecule has 0 atom stereocenters. The van der Waals surface area contributed by atoms with E-state index in [0.29, 0.717) is 0 Å². The summed E-state index contributed by atoms with van der Waals surface area (Å²) < 4.78 is 27.9. The van der Waals surface area contributed by atoms with Crippen molar-refractivity contribution in [3.8, 4) is 55.0 Å². The van der Waals surface area contributed by atoms with E-state index in [-0.39, 0.29) is 0 Å². The third-order valence-corrected chi connectivity index (χ3v) is 16.8. The number of para-hydroxylation sites is 4. The van der Waals surface area contributed by atoms with Crippen molar-refractivity contribution in [2.75, 3.05) is 0 Å². The summed E-state index contributed by atoms with van der Waals surface area (Å²) >= 11 is 15.5. The molecule has 0 saturated carbocycles. The van der Waals surface area contributed by atoms with Gasteiger partial charge in [0.25, 0.3) is 13.8 Å². The van der Waals surface area contributed by atoms with E-state index in [1.165, 1.54) is 0 Å². The molecule has 0 spiro atoms. The molecule has 42 heavy (non-hydrogen) atoms. The van der Waals surface area contributed by atoms with Crippen LogP contribution in [-0.4, -0.2) is 0 Å². The quantitative estimate of drug-likeness (QED) is 0.139. The molecule has 0 unspecified atom stereocenters. The normalized spacial score (nSPS) is 15.6. The molecule has 206 valence electrons. The fourth-order valence-electron chi connectivity index (χ4n) is 5.02. The molecule has 2 aliphatic heterocycles. The standard InChI is InChI=1S/C32H20O4P2S4/c39-37(33-25-13-5-1-9-21(25)22-10-2-6-14-26(22)34-37)31-19-17-29(41-31)30-18-20-32(42-30)38(40)35-27-15-7-3-11-23(27)24-12-4-8-16-28(24)36-38/h1-20H. The molecule has 0 radical (unpaired) electrons. The Bertz CT molecular complexity index is 1730. The molecule has 0 amide bonds. The van der Waals surface area contributed by atoms with Crippen LogP contribution >= 0.6 is 36.5 Å². The van der Waals surface area contributed by atoms with E-state index >= 15 is 0 Å². The number of thiophene rings is 2. The lowest BCUT2D eigenvalue weighted by Crippen LogP contribution is -2.15. The molecule has 2 aromatic heterocycles. The lowest BCUT2D eigenvalue weighted by molar-refractivity contribution is 0.505. The van der Waals surface area contributed by atoms with E-state index in [4.69, 9.17) is 42.6 Å². The SMILES string of the molecule is [S-][P+]1(c2ccc(-c3ccc([P+]4([S-])Oc5ccccc5-c5ccccc5O4)s3)s2)Oc2ccccc2-c2ccccc2O1. The van der Waals surface area contributed by atoms with Crippen LogP contribution < -0.4 is 27.3 Å². The molecule has 10 heteroatoms. The number of benzene rings is 4. The molecule has 4 nitrogen and oxygen atoms in total. The van der Waals surface area contributed by atoms with Crippen LogP contribution in [0, 0.1) is 0 Å². The summed E-state index contributed by atoms with van der Waals surface area (Å²) in [6.07, 6.45) is 0. The summed E-state index contributed by atoms with van der Waals surface area (Å²) in [5, 5.41) is 0. The monoisotopic (exact) mass is 658 g/mol. The highest BCUT2D eigenvalue weighted by atomic mass is 32.7. The lowest BCUT2D eigenvalue weighted by Gasteiger charge is -2.26. The van der Waals surface area contributed by atoms with Crippen molar-refractivity contribution < 1.29 is 18.1 Å². The molecule has 4 heterocycles. The van der Waals surface area contributed by atoms with Gasteiger partial charge in [-0.05, 0) is 48.5 Å². The molecule has 2 aliphatic rings. The molecule has 0 aliphatic carbocycles. The smallest absolute Gasteiger partial charge is 0.293 e. The van der Waals surface area contributed by atoms with Gasteiger partial charge in [0.15, 0.2) is 23.0 Å². The summed E-state index contributed by atoms with van der Waals surface area (Å²) in [4.78, 5) is 2.11. The van der Waals surface area contributed by atoms with Gasteiger partial charge in [-0.15, -0.1) is 0 Å². The minimum atomic E-state index is -2.89. The Morgan fingerprint density at radius 1 is 0.381 bits per heavy atom. The first-order valence-corrected chi connectivity index (χ1v) is 20.0. The van der Waals surface area contributed by atoms with Crippen LogP contribution in [-0.2, 0) is 24.5 Å². The van der Waals surface area contributed by atoms with Crippen LogP contribution in [0.2, 0.25) is 0 Å². The van der Waals surface area contributed by atoms with Gasteiger partial charge in [0.2, 0.25) is 9.24 Å². The van der Waals surface area contributed by atoms with E-state index in [2.05, 4.69) is 12.1 Å². The third-order valence-electron chi connectivity index (χ3n) is 6.97. The molecule has 4 aromatic carbocycles. The van der Waals surface area contributed by atoms with Crippen LogP contribution in [0.1, 0.15) is 0 Å². The Hall–Kier alpha value is -2.96. The molecular weight excluding hydrogens is 639 g/mol. The fourth-order valence-corrected chi connectivity index (χ4v) is 13.2. The Balaban J connectivity index is 1.14. The number of hydrogen-bond donors (Lipinski definition) is 0. The number of hydrogen-bond acceptors (Lipinski definition) is 8. The van der Waals surface area contributed by atoms with Gasteiger partial charge in [0.1, 0.15) is 0 Å². The van der Waals surface area contributed by atoms with E-state index in [1.807, 2.05) is 109 Å². The summed E-state index contributed by atoms with van der Waals surface area (Å²) in [7, 11) is 0. The molecule has 0 N–H and O–H groups in total. The van der Waals surface area contributed by atoms with Crippen molar-refractivity contribution >= 4 is 70.2 Å². The highest BCUT2D eigenvalue weighted by molar-refractivity contribution is 8.42. The van der Waals surface area contributed by atoms with Crippen molar-refractivity contribution in [2.45, 2.75) is 0 Å². The maximum absolute atomic E-state index is 6.53. The highest BCUT2D eigenvalue weighted by Gasteiger charge is 2.42. The summed E-state index contributed by atoms with van der Waals surface area (Å²) in [6.45, 7) is -5.78. The van der Waals surface area contributed by atoms with E-state index in [9.17, 15) is 0 Å². The number of rotatable bonds is 3. The zero-order chi connectivity index (χ0) is 28.3. The Morgan fingerprint density at radius 2 is 0.667 bits per heavy atom. The van der Waals surface area contributed by atoms with Crippen molar-refractivity contribution in [1.82, 2.24) is 0 Å². The topological polar surface area (TPSA) is 36.9 Å². The van der Waals surface area contributed by atoms with Gasteiger partial charge in [-0.2, -0.15) is 0 Å². The van der Waals surface area contributed by atoms with Crippen molar-refractivity contribution in [3.63, 3.8) is 0 Å². The maximum Gasteiger partial charge on any atom is 0.293 e. The second-order valence-electron chi connectivity index (χ2n) is 9.62. The molecule has 0 saturated heterocycles. The maximum atomic E-state index is 6.53. The zero-order valence-electron chi connectivity index (χ0n) is 21.7. The molecular formula is C32H20O4P2S4. The second kappa shape index (κ2) is 10.3. The van der Waals surface area contributed by atoms with Gasteiger partial charge in [-0.25, -0.2) is 0 Å². The van der Waals surface area contributed by atoms with Gasteiger partial charge in [0.05, 0.1) is 0 Å². The fraction of sp³-hybridized carbons (Fsp3) is 0. The Kier molecular flexibility index (Phi) is 6.56. The average molecular weight is 659 g/mol. The van der Waals surface area contributed by atoms with Crippen LogP contribution in [0.15, 0.2) is 121 Å². The minimum absolute atomic E-state index is 0.736. The largest absolute Gasteiger partial charge is 0.466 e. The summed E-state index contributed by atoms with van der Waals surface area (Å²) in [5.41, 5.74) is 3.91. The first-order valence-electron chi connectivity index (χ1n) is 13.1. The zero-order valence-corrected chi connectivity index (χ0v) is 26.8. The predicted octanol–water partition coefficient (Wildman–Crippen LogP) is 9.62. The predicted molar refractivity (Wildman–Crippen MR) is 182 cm³/mol. The van der Waals surface area contributed by atoms with Crippen LogP contribution in [0.5, 0.6) is 23.0 Å².